The van der Waals surface area contributed by atoms with Crippen LogP contribution in [0.15, 0.2) is 29.6 Å². The van der Waals surface area contributed by atoms with Gasteiger partial charge in [0.05, 0.1) is 16.3 Å². The first-order valence-electron chi connectivity index (χ1n) is 9.66. The van der Waals surface area contributed by atoms with Crippen molar-refractivity contribution in [3.63, 3.8) is 0 Å². The molecular formula is C20H21F3N4OS. The molecule has 154 valence electrons. The number of thiophene rings is 1. The Labute approximate surface area is 170 Å². The Morgan fingerprint density at radius 3 is 2.86 bits per heavy atom. The topological polar surface area (TPSA) is 50.5 Å². The van der Waals surface area contributed by atoms with Crippen molar-refractivity contribution in [1.29, 1.82) is 0 Å². The number of fused-ring (bicyclic) bond motifs is 1. The average molecular weight is 422 g/mol. The molecule has 5 nitrogen and oxygen atoms in total. The summed E-state index contributed by atoms with van der Waals surface area (Å²) in [5.41, 5.74) is 0.178. The zero-order valence-electron chi connectivity index (χ0n) is 15.9. The summed E-state index contributed by atoms with van der Waals surface area (Å²) < 4.78 is 42.0. The summed E-state index contributed by atoms with van der Waals surface area (Å²) in [6, 6.07) is 6.21. The number of nitrogens with zero attached hydrogens (tertiary/aromatic N) is 4. The molecule has 0 radical (unpaired) electrons. The molecular weight excluding hydrogens is 401 g/mol. The van der Waals surface area contributed by atoms with Crippen LogP contribution in [-0.4, -0.2) is 38.5 Å². The van der Waals surface area contributed by atoms with E-state index in [1.54, 1.807) is 28.5 Å². The second-order valence-electron chi connectivity index (χ2n) is 7.27. The molecule has 0 N–H and O–H groups in total. The van der Waals surface area contributed by atoms with Crippen LogP contribution in [-0.2, 0) is 11.0 Å². The van der Waals surface area contributed by atoms with Crippen molar-refractivity contribution in [1.82, 2.24) is 19.5 Å². The van der Waals surface area contributed by atoms with E-state index in [9.17, 15) is 18.0 Å². The lowest BCUT2D eigenvalue weighted by atomic mass is 9.94. The van der Waals surface area contributed by atoms with Gasteiger partial charge < -0.3 is 4.90 Å². The highest BCUT2D eigenvalue weighted by atomic mass is 32.1. The van der Waals surface area contributed by atoms with Crippen LogP contribution < -0.4 is 0 Å². The van der Waals surface area contributed by atoms with E-state index in [0.717, 1.165) is 29.8 Å². The Morgan fingerprint density at radius 2 is 2.17 bits per heavy atom. The summed E-state index contributed by atoms with van der Waals surface area (Å²) in [7, 11) is 0. The summed E-state index contributed by atoms with van der Waals surface area (Å²) in [5.74, 6) is 0.00702. The maximum Gasteiger partial charge on any atom is 0.433 e. The summed E-state index contributed by atoms with van der Waals surface area (Å²) in [6.07, 6.45) is -1.68. The monoisotopic (exact) mass is 422 g/mol. The lowest BCUT2D eigenvalue weighted by Crippen LogP contribution is -2.39. The molecule has 3 aromatic rings. The fourth-order valence-electron chi connectivity index (χ4n) is 3.76. The first kappa shape index (κ1) is 19.9. The molecule has 9 heteroatoms. The molecule has 0 aliphatic carbocycles. The van der Waals surface area contributed by atoms with E-state index >= 15 is 0 Å². The molecule has 0 saturated carbocycles. The van der Waals surface area contributed by atoms with Crippen molar-refractivity contribution < 1.29 is 18.0 Å². The molecule has 1 aliphatic heterocycles. The number of rotatable bonds is 4. The number of hydrogen-bond acceptors (Lipinski definition) is 4. The fraction of sp³-hybridized carbons (Fsp3) is 0.450. The molecule has 1 fully saturated rings. The standard InChI is InChI=1S/C20H21F3N4OS/c1-2-5-19(28)26-8-3-6-13(12-26)14-11-18-24-15(16-7-4-9-29-16)10-17(20(21,22)23)27(18)25-14/h4,7,9-11,13H,2-3,5-6,8,12H2,1H3/t13-/m0/s1. The van der Waals surface area contributed by atoms with Crippen molar-refractivity contribution in [2.24, 2.45) is 0 Å². The number of likely N-dealkylation sites (tertiary alicyclic amines) is 1. The van der Waals surface area contributed by atoms with E-state index in [0.29, 0.717) is 30.1 Å². The number of amides is 1. The Hall–Kier alpha value is -2.42. The third-order valence-electron chi connectivity index (χ3n) is 5.17. The minimum atomic E-state index is -4.55. The lowest BCUT2D eigenvalue weighted by molar-refractivity contribution is -0.142. The predicted octanol–water partition coefficient (Wildman–Crippen LogP) is 4.98. The number of piperidine rings is 1. The van der Waals surface area contributed by atoms with Crippen LogP contribution in [0, 0.1) is 0 Å². The van der Waals surface area contributed by atoms with E-state index in [4.69, 9.17) is 0 Å². The lowest BCUT2D eigenvalue weighted by Gasteiger charge is -2.32. The summed E-state index contributed by atoms with van der Waals surface area (Å²) >= 11 is 1.34. The van der Waals surface area contributed by atoms with Gasteiger partial charge in [-0.05, 0) is 36.8 Å². The maximum atomic E-state index is 13.7. The maximum absolute atomic E-state index is 13.7. The molecule has 1 saturated heterocycles. The highest BCUT2D eigenvalue weighted by Crippen LogP contribution is 2.35. The van der Waals surface area contributed by atoms with E-state index in [-0.39, 0.29) is 23.2 Å². The van der Waals surface area contributed by atoms with Gasteiger partial charge in [-0.15, -0.1) is 11.3 Å². The smallest absolute Gasteiger partial charge is 0.342 e. The zero-order chi connectivity index (χ0) is 20.6. The second kappa shape index (κ2) is 7.78. The van der Waals surface area contributed by atoms with Gasteiger partial charge in [-0.25, -0.2) is 9.50 Å². The molecule has 1 amide bonds. The van der Waals surface area contributed by atoms with E-state index < -0.39 is 11.9 Å². The van der Waals surface area contributed by atoms with Crippen molar-refractivity contribution in [2.75, 3.05) is 13.1 Å². The van der Waals surface area contributed by atoms with Gasteiger partial charge in [0, 0.05) is 31.5 Å². The molecule has 1 atom stereocenters. The summed E-state index contributed by atoms with van der Waals surface area (Å²) in [6.45, 7) is 3.14. The zero-order valence-corrected chi connectivity index (χ0v) is 16.8. The normalized spacial score (nSPS) is 17.8. The van der Waals surface area contributed by atoms with Gasteiger partial charge in [0.2, 0.25) is 5.91 Å². The minimum Gasteiger partial charge on any atom is -0.342 e. The van der Waals surface area contributed by atoms with E-state index in [1.165, 1.54) is 11.3 Å². The highest BCUT2D eigenvalue weighted by molar-refractivity contribution is 7.13. The molecule has 0 unspecified atom stereocenters. The van der Waals surface area contributed by atoms with Crippen LogP contribution in [0.4, 0.5) is 13.2 Å². The van der Waals surface area contributed by atoms with Gasteiger partial charge in [-0.3, -0.25) is 4.79 Å². The highest BCUT2D eigenvalue weighted by Gasteiger charge is 2.36. The van der Waals surface area contributed by atoms with Gasteiger partial charge in [-0.2, -0.15) is 18.3 Å². The molecule has 1 aliphatic rings. The van der Waals surface area contributed by atoms with Crippen LogP contribution in [0.1, 0.15) is 49.9 Å². The van der Waals surface area contributed by atoms with Gasteiger partial charge in [0.15, 0.2) is 11.3 Å². The molecule has 4 heterocycles. The Kier molecular flexibility index (Phi) is 5.33. The van der Waals surface area contributed by atoms with Crippen molar-refractivity contribution in [3.05, 3.63) is 41.0 Å². The van der Waals surface area contributed by atoms with Gasteiger partial charge in [-0.1, -0.05) is 13.0 Å². The van der Waals surface area contributed by atoms with Crippen LogP contribution in [0.5, 0.6) is 0 Å². The van der Waals surface area contributed by atoms with Crippen molar-refractivity contribution in [3.8, 4) is 10.6 Å². The number of aromatic nitrogens is 3. The van der Waals surface area contributed by atoms with Gasteiger partial charge >= 0.3 is 6.18 Å². The Morgan fingerprint density at radius 1 is 1.34 bits per heavy atom. The third kappa shape index (κ3) is 4.01. The quantitative estimate of drug-likeness (QED) is 0.596. The molecule has 0 bridgehead atoms. The molecule has 4 rings (SSSR count). The Bertz CT molecular complexity index is 1010. The van der Waals surface area contributed by atoms with Crippen LogP contribution in [0.3, 0.4) is 0 Å². The first-order chi connectivity index (χ1) is 13.9. The van der Waals surface area contributed by atoms with Gasteiger partial charge in [0.25, 0.3) is 0 Å². The third-order valence-corrected chi connectivity index (χ3v) is 6.06. The molecule has 3 aromatic heterocycles. The second-order valence-corrected chi connectivity index (χ2v) is 8.22. The SMILES string of the molecule is CCCC(=O)N1CCC[C@H](c2cc3nc(-c4cccs4)cc(C(F)(F)F)n3n2)C1. The molecule has 29 heavy (non-hydrogen) atoms. The van der Waals surface area contributed by atoms with Crippen molar-refractivity contribution in [2.45, 2.75) is 44.7 Å². The largest absolute Gasteiger partial charge is 0.433 e. The van der Waals surface area contributed by atoms with Crippen LogP contribution >= 0.6 is 11.3 Å². The van der Waals surface area contributed by atoms with Crippen LogP contribution in [0.25, 0.3) is 16.2 Å². The Balaban J connectivity index is 1.72. The predicted molar refractivity (Wildman–Crippen MR) is 105 cm³/mol. The van der Waals surface area contributed by atoms with E-state index in [1.807, 2.05) is 6.92 Å². The number of carbonyl (C=O) groups excluding carboxylic acids is 1. The van der Waals surface area contributed by atoms with Gasteiger partial charge in [0.1, 0.15) is 0 Å². The van der Waals surface area contributed by atoms with Crippen LogP contribution in [0.2, 0.25) is 0 Å². The first-order valence-corrected chi connectivity index (χ1v) is 10.5. The van der Waals surface area contributed by atoms with E-state index in [2.05, 4.69) is 10.1 Å². The molecule has 0 spiro atoms. The number of hydrogen-bond donors (Lipinski definition) is 0. The average Bonchev–Trinajstić information content (AvgIpc) is 3.36. The van der Waals surface area contributed by atoms with Crippen molar-refractivity contribution >= 4 is 22.9 Å². The number of carbonyl (C=O) groups is 1. The summed E-state index contributed by atoms with van der Waals surface area (Å²) in [4.78, 5) is 19.1. The minimum absolute atomic E-state index is 0.0856. The molecule has 0 aromatic carbocycles. The fourth-order valence-corrected chi connectivity index (χ4v) is 4.45. The number of alkyl halides is 3. The summed E-state index contributed by atoms with van der Waals surface area (Å²) in [5, 5.41) is 6.07. The number of halogens is 3.